The van der Waals surface area contributed by atoms with Gasteiger partial charge in [0.1, 0.15) is 11.9 Å². The lowest BCUT2D eigenvalue weighted by molar-refractivity contribution is -0.138. The summed E-state index contributed by atoms with van der Waals surface area (Å²) in [6, 6.07) is 10.9. The molecule has 0 aliphatic rings. The Balaban J connectivity index is 1.89. The second-order valence-corrected chi connectivity index (χ2v) is 6.51. The van der Waals surface area contributed by atoms with E-state index in [2.05, 4.69) is 10.3 Å². The number of aromatic nitrogens is 1. The van der Waals surface area contributed by atoms with E-state index in [1.54, 1.807) is 30.3 Å². The molecule has 0 unspecified atom stereocenters. The number of aryl methyl sites for hydroxylation is 2. The van der Waals surface area contributed by atoms with Crippen molar-refractivity contribution in [2.24, 2.45) is 0 Å². The van der Waals surface area contributed by atoms with Crippen molar-refractivity contribution in [1.82, 2.24) is 15.0 Å². The summed E-state index contributed by atoms with van der Waals surface area (Å²) in [5.41, 5.74) is 7.87. The average Bonchev–Trinajstić information content (AvgIpc) is 2.63. The fraction of sp³-hybridized carbons (Fsp3) is 0.235. The summed E-state index contributed by atoms with van der Waals surface area (Å²) in [5, 5.41) is 11.3. The van der Waals surface area contributed by atoms with Gasteiger partial charge in [-0.25, -0.2) is 18.1 Å². The lowest BCUT2D eigenvalue weighted by Crippen LogP contribution is -2.45. The van der Waals surface area contributed by atoms with E-state index in [1.807, 2.05) is 16.9 Å². The second-order valence-electron chi connectivity index (χ2n) is 5.74. The number of thiol groups is 1. The smallest absolute Gasteiger partial charge is 0.323 e. The summed E-state index contributed by atoms with van der Waals surface area (Å²) in [6.45, 7) is -0.361. The van der Waals surface area contributed by atoms with Crippen LogP contribution in [0.25, 0.3) is 0 Å². The van der Waals surface area contributed by atoms with Gasteiger partial charge < -0.3 is 16.2 Å². The molecule has 10 heteroatoms. The standard InChI is InChI=1S/C17H20N4O5S/c18-15-3-1-2-13(20-15)9-6-11-4-7-12(8-5-11)16(22)19-10-14(17(23)24)21-27(25)26/h1-5,7-8,14,27H,6,9-10H2,(H2,18,20)(H,19,22)(H,23,24)(H,21,25,26)/t14-/m0/s1. The fourth-order valence-corrected chi connectivity index (χ4v) is 2.80. The summed E-state index contributed by atoms with van der Waals surface area (Å²) in [5.74, 6) is -1.40. The van der Waals surface area contributed by atoms with Crippen molar-refractivity contribution >= 4 is 28.6 Å². The molecular weight excluding hydrogens is 372 g/mol. The molecule has 2 rings (SSSR count). The molecule has 5 N–H and O–H groups in total. The zero-order valence-electron chi connectivity index (χ0n) is 14.3. The van der Waals surface area contributed by atoms with Gasteiger partial charge in [0.15, 0.2) is 0 Å². The van der Waals surface area contributed by atoms with Gasteiger partial charge in [-0.05, 0) is 42.7 Å². The summed E-state index contributed by atoms with van der Waals surface area (Å²) in [6.07, 6.45) is 1.43. The number of benzene rings is 1. The summed E-state index contributed by atoms with van der Waals surface area (Å²) >= 11 is 0. The zero-order chi connectivity index (χ0) is 19.8. The van der Waals surface area contributed by atoms with Gasteiger partial charge in [-0.2, -0.15) is 0 Å². The van der Waals surface area contributed by atoms with Gasteiger partial charge in [-0.3, -0.25) is 9.59 Å². The van der Waals surface area contributed by atoms with Gasteiger partial charge in [0.2, 0.25) is 10.9 Å². The third-order valence-electron chi connectivity index (χ3n) is 3.74. The first-order chi connectivity index (χ1) is 12.8. The van der Waals surface area contributed by atoms with Gasteiger partial charge >= 0.3 is 5.97 Å². The van der Waals surface area contributed by atoms with E-state index in [0.29, 0.717) is 17.8 Å². The number of carboxylic acid groups (broad SMARTS) is 1. The van der Waals surface area contributed by atoms with Crippen LogP contribution >= 0.6 is 0 Å². The first-order valence-electron chi connectivity index (χ1n) is 8.07. The number of anilines is 1. The van der Waals surface area contributed by atoms with Crippen LogP contribution in [-0.4, -0.2) is 43.0 Å². The predicted molar refractivity (Wildman–Crippen MR) is 99.7 cm³/mol. The molecule has 1 aromatic heterocycles. The normalized spacial score (nSPS) is 11.9. The van der Waals surface area contributed by atoms with Gasteiger partial charge in [-0.1, -0.05) is 18.2 Å². The van der Waals surface area contributed by atoms with Crippen molar-refractivity contribution in [3.63, 3.8) is 0 Å². The molecule has 0 fully saturated rings. The SMILES string of the molecule is Nc1cccc(CCc2ccc(C(=O)NC[C@H](N[SH](=O)=O)C(=O)O)cc2)n1. The maximum absolute atomic E-state index is 12.1. The number of hydrogen-bond acceptors (Lipinski definition) is 6. The molecular formula is C17H20N4O5S. The minimum Gasteiger partial charge on any atom is -0.480 e. The Kier molecular flexibility index (Phi) is 7.26. The van der Waals surface area contributed by atoms with Crippen molar-refractivity contribution in [3.8, 4) is 0 Å². The molecule has 0 spiro atoms. The van der Waals surface area contributed by atoms with Crippen molar-refractivity contribution in [1.29, 1.82) is 0 Å². The van der Waals surface area contributed by atoms with Crippen LogP contribution in [-0.2, 0) is 28.5 Å². The molecule has 0 saturated heterocycles. The molecule has 0 radical (unpaired) electrons. The first kappa shape index (κ1) is 20.3. The highest BCUT2D eigenvalue weighted by molar-refractivity contribution is 7.70. The molecule has 27 heavy (non-hydrogen) atoms. The Hall–Kier alpha value is -2.98. The van der Waals surface area contributed by atoms with Crippen LogP contribution in [0.3, 0.4) is 0 Å². The molecule has 144 valence electrons. The van der Waals surface area contributed by atoms with Crippen LogP contribution in [0.5, 0.6) is 0 Å². The number of hydrogen-bond donors (Lipinski definition) is 5. The number of carboxylic acids is 1. The number of carbonyl (C=O) groups excluding carboxylic acids is 1. The molecule has 0 aliphatic carbocycles. The summed E-state index contributed by atoms with van der Waals surface area (Å²) in [4.78, 5) is 27.2. The number of nitrogens with zero attached hydrogens (tertiary/aromatic N) is 1. The van der Waals surface area contributed by atoms with E-state index in [9.17, 15) is 18.0 Å². The first-order valence-corrected chi connectivity index (χ1v) is 9.25. The lowest BCUT2D eigenvalue weighted by Gasteiger charge is -2.12. The van der Waals surface area contributed by atoms with Gasteiger partial charge in [0, 0.05) is 17.8 Å². The number of pyridine rings is 1. The van der Waals surface area contributed by atoms with Crippen LogP contribution < -0.4 is 15.8 Å². The van der Waals surface area contributed by atoms with Gasteiger partial charge in [-0.15, -0.1) is 0 Å². The zero-order valence-corrected chi connectivity index (χ0v) is 15.2. The van der Waals surface area contributed by atoms with E-state index < -0.39 is 28.8 Å². The number of nitrogen functional groups attached to an aromatic ring is 1. The summed E-state index contributed by atoms with van der Waals surface area (Å²) in [7, 11) is -3.08. The second kappa shape index (κ2) is 9.64. The molecule has 1 amide bonds. The van der Waals surface area contributed by atoms with E-state index in [-0.39, 0.29) is 6.54 Å². The van der Waals surface area contributed by atoms with Crippen molar-refractivity contribution < 1.29 is 23.1 Å². The number of carbonyl (C=O) groups is 2. The maximum atomic E-state index is 12.1. The number of rotatable bonds is 9. The predicted octanol–water partition coefficient (Wildman–Crippen LogP) is -0.252. The Labute approximate surface area is 157 Å². The number of aliphatic carboxylic acids is 1. The Bertz CT molecular complexity index is 875. The monoisotopic (exact) mass is 392 g/mol. The van der Waals surface area contributed by atoms with Crippen molar-refractivity contribution in [2.75, 3.05) is 12.3 Å². The minimum absolute atomic E-state index is 0.344. The van der Waals surface area contributed by atoms with Crippen LogP contribution in [0.15, 0.2) is 42.5 Å². The Morgan fingerprint density at radius 2 is 1.81 bits per heavy atom. The Morgan fingerprint density at radius 1 is 1.11 bits per heavy atom. The van der Waals surface area contributed by atoms with Gasteiger partial charge in [0.25, 0.3) is 5.91 Å². The minimum atomic E-state index is -3.08. The number of nitrogens with two attached hydrogens (primary N) is 1. The largest absolute Gasteiger partial charge is 0.480 e. The molecule has 9 nitrogen and oxygen atoms in total. The quantitative estimate of drug-likeness (QED) is 0.369. The van der Waals surface area contributed by atoms with E-state index in [0.717, 1.165) is 17.7 Å². The van der Waals surface area contributed by atoms with Crippen LogP contribution in [0.1, 0.15) is 21.6 Å². The van der Waals surface area contributed by atoms with Crippen LogP contribution in [0, 0.1) is 0 Å². The van der Waals surface area contributed by atoms with E-state index in [1.165, 1.54) is 0 Å². The molecule has 1 heterocycles. The highest BCUT2D eigenvalue weighted by Crippen LogP contribution is 2.09. The molecule has 2 aromatic rings. The third kappa shape index (κ3) is 6.68. The molecule has 1 aromatic carbocycles. The van der Waals surface area contributed by atoms with Crippen LogP contribution in [0.4, 0.5) is 5.82 Å². The van der Waals surface area contributed by atoms with E-state index in [4.69, 9.17) is 10.8 Å². The van der Waals surface area contributed by atoms with Crippen molar-refractivity contribution in [3.05, 3.63) is 59.3 Å². The number of amides is 1. The Morgan fingerprint density at radius 3 is 2.41 bits per heavy atom. The molecule has 0 saturated carbocycles. The lowest BCUT2D eigenvalue weighted by atomic mass is 10.1. The third-order valence-corrected chi connectivity index (χ3v) is 4.26. The highest BCUT2D eigenvalue weighted by atomic mass is 32.2. The van der Waals surface area contributed by atoms with E-state index >= 15 is 0 Å². The number of nitrogens with one attached hydrogen (secondary N) is 2. The topological polar surface area (TPSA) is 151 Å². The van der Waals surface area contributed by atoms with Gasteiger partial charge in [0.05, 0.1) is 0 Å². The van der Waals surface area contributed by atoms with Crippen LogP contribution in [0.2, 0.25) is 0 Å². The molecule has 0 bridgehead atoms. The molecule has 1 atom stereocenters. The average molecular weight is 392 g/mol. The highest BCUT2D eigenvalue weighted by Gasteiger charge is 2.19. The summed E-state index contributed by atoms with van der Waals surface area (Å²) < 4.78 is 23.0. The molecule has 0 aliphatic heterocycles. The van der Waals surface area contributed by atoms with Crippen molar-refractivity contribution in [2.45, 2.75) is 18.9 Å². The maximum Gasteiger partial charge on any atom is 0.323 e. The fourth-order valence-electron chi connectivity index (χ4n) is 2.34.